The Morgan fingerprint density at radius 3 is 1.66 bits per heavy atom. The minimum absolute atomic E-state index is 0.583. The van der Waals surface area contributed by atoms with Gasteiger partial charge < -0.3 is 8.98 Å². The van der Waals surface area contributed by atoms with Gasteiger partial charge in [0.1, 0.15) is 11.2 Å². The summed E-state index contributed by atoms with van der Waals surface area (Å²) in [6, 6.07) is 58.5. The highest BCUT2D eigenvalue weighted by Gasteiger charge is 2.22. The summed E-state index contributed by atoms with van der Waals surface area (Å²) in [5.41, 5.74) is 9.82. The number of rotatable bonds is 5. The highest BCUT2D eigenvalue weighted by Crippen LogP contribution is 2.42. The molecule has 0 spiro atoms. The third-order valence-electron chi connectivity index (χ3n) is 9.44. The fourth-order valence-corrected chi connectivity index (χ4v) is 7.21. The van der Waals surface area contributed by atoms with Crippen LogP contribution in [0.3, 0.4) is 0 Å². The monoisotopic (exact) mass is 640 g/mol. The Labute approximate surface area is 287 Å². The molecule has 0 aliphatic rings. The number of hydrogen-bond acceptors (Lipinski definition) is 4. The smallest absolute Gasteiger partial charge is 0.164 e. The van der Waals surface area contributed by atoms with Gasteiger partial charge in [-0.3, -0.25) is 0 Å². The molecule has 5 heteroatoms. The molecule has 0 fully saturated rings. The fraction of sp³-hybridized carbons (Fsp3) is 0. The summed E-state index contributed by atoms with van der Waals surface area (Å²) in [5.74, 6) is 1.81. The molecule has 3 aromatic heterocycles. The summed E-state index contributed by atoms with van der Waals surface area (Å²) in [7, 11) is 0. The van der Waals surface area contributed by atoms with Crippen LogP contribution >= 0.6 is 0 Å². The van der Waals surface area contributed by atoms with Crippen LogP contribution in [-0.4, -0.2) is 19.5 Å². The van der Waals surface area contributed by atoms with E-state index >= 15 is 0 Å². The van der Waals surface area contributed by atoms with Gasteiger partial charge in [0.2, 0.25) is 0 Å². The average molecular weight is 641 g/mol. The zero-order valence-corrected chi connectivity index (χ0v) is 26.9. The molecular formula is C45H28N4O. The number of benzene rings is 7. The fourth-order valence-electron chi connectivity index (χ4n) is 7.21. The standard InChI is InChI=1S/C45H28N4O/c1-4-15-29(16-5-1)33-23-14-24-35-34-21-10-12-25-38(34)49(42(33)35)32-27-37(41-36-22-11-13-26-39(36)50-40(41)28-32)45-47-43(30-17-6-2-7-18-30)46-44(48-45)31-19-8-3-9-20-31/h1-28H. The first-order valence-corrected chi connectivity index (χ1v) is 16.7. The van der Waals surface area contributed by atoms with Gasteiger partial charge in [-0.15, -0.1) is 0 Å². The number of furan rings is 1. The third-order valence-corrected chi connectivity index (χ3v) is 9.44. The molecule has 5 nitrogen and oxygen atoms in total. The molecule has 7 aromatic carbocycles. The van der Waals surface area contributed by atoms with E-state index in [1.807, 2.05) is 78.9 Å². The third kappa shape index (κ3) is 4.52. The van der Waals surface area contributed by atoms with Crippen LogP contribution in [0.15, 0.2) is 174 Å². The summed E-state index contributed by atoms with van der Waals surface area (Å²) in [6.07, 6.45) is 0. The molecule has 0 aliphatic heterocycles. The molecular weight excluding hydrogens is 613 g/mol. The summed E-state index contributed by atoms with van der Waals surface area (Å²) in [5, 5.41) is 4.35. The van der Waals surface area contributed by atoms with Crippen LogP contribution in [-0.2, 0) is 0 Å². The van der Waals surface area contributed by atoms with Crippen molar-refractivity contribution in [2.45, 2.75) is 0 Å². The first kappa shape index (κ1) is 28.2. The highest BCUT2D eigenvalue weighted by atomic mass is 16.3. The molecule has 3 heterocycles. The van der Waals surface area contributed by atoms with Crippen LogP contribution in [0.25, 0.3) is 94.7 Å². The Morgan fingerprint density at radius 1 is 0.400 bits per heavy atom. The van der Waals surface area contributed by atoms with Gasteiger partial charge in [0, 0.05) is 49.9 Å². The van der Waals surface area contributed by atoms with Crippen molar-refractivity contribution in [1.82, 2.24) is 19.5 Å². The van der Waals surface area contributed by atoms with Crippen molar-refractivity contribution < 1.29 is 4.42 Å². The maximum absolute atomic E-state index is 6.64. The minimum atomic E-state index is 0.583. The second kappa shape index (κ2) is 11.4. The lowest BCUT2D eigenvalue weighted by Gasteiger charge is -2.14. The van der Waals surface area contributed by atoms with Crippen LogP contribution in [0.5, 0.6) is 0 Å². The van der Waals surface area contributed by atoms with E-state index in [9.17, 15) is 0 Å². The van der Waals surface area contributed by atoms with Crippen LogP contribution in [0.2, 0.25) is 0 Å². The predicted octanol–water partition coefficient (Wildman–Crippen LogP) is 11.5. The number of para-hydroxylation sites is 3. The largest absolute Gasteiger partial charge is 0.456 e. The van der Waals surface area contributed by atoms with Gasteiger partial charge in [-0.05, 0) is 23.8 Å². The molecule has 0 amide bonds. The average Bonchev–Trinajstić information content (AvgIpc) is 3.74. The number of hydrogen-bond donors (Lipinski definition) is 0. The van der Waals surface area contributed by atoms with Gasteiger partial charge in [-0.25, -0.2) is 15.0 Å². The second-order valence-corrected chi connectivity index (χ2v) is 12.4. The molecule has 10 aromatic rings. The topological polar surface area (TPSA) is 56.7 Å². The molecule has 0 bridgehead atoms. The molecule has 0 N–H and O–H groups in total. The molecule has 0 aliphatic carbocycles. The van der Waals surface area contributed by atoms with E-state index in [-0.39, 0.29) is 0 Å². The summed E-state index contributed by atoms with van der Waals surface area (Å²) < 4.78 is 9.00. The number of aromatic nitrogens is 4. The summed E-state index contributed by atoms with van der Waals surface area (Å²) >= 11 is 0. The van der Waals surface area contributed by atoms with Crippen LogP contribution in [0.1, 0.15) is 0 Å². The lowest BCUT2D eigenvalue weighted by Crippen LogP contribution is -2.02. The molecule has 0 saturated heterocycles. The van der Waals surface area contributed by atoms with Crippen molar-refractivity contribution >= 4 is 43.7 Å². The van der Waals surface area contributed by atoms with Crippen LogP contribution in [0.4, 0.5) is 0 Å². The molecule has 0 atom stereocenters. The summed E-state index contributed by atoms with van der Waals surface area (Å²) in [6.45, 7) is 0. The van der Waals surface area contributed by atoms with Gasteiger partial charge in [0.25, 0.3) is 0 Å². The van der Waals surface area contributed by atoms with E-state index in [0.29, 0.717) is 17.5 Å². The van der Waals surface area contributed by atoms with Gasteiger partial charge in [0.05, 0.1) is 16.7 Å². The van der Waals surface area contributed by atoms with Gasteiger partial charge in [-0.1, -0.05) is 146 Å². The minimum Gasteiger partial charge on any atom is -0.456 e. The van der Waals surface area contributed by atoms with Crippen LogP contribution < -0.4 is 0 Å². The molecule has 50 heavy (non-hydrogen) atoms. The second-order valence-electron chi connectivity index (χ2n) is 12.4. The quantitative estimate of drug-likeness (QED) is 0.188. The molecule has 0 saturated carbocycles. The Bertz CT molecular complexity index is 2800. The zero-order valence-electron chi connectivity index (χ0n) is 26.9. The van der Waals surface area contributed by atoms with Crippen molar-refractivity contribution in [3.05, 3.63) is 170 Å². The Morgan fingerprint density at radius 2 is 0.960 bits per heavy atom. The SMILES string of the molecule is c1ccc(-c2nc(-c3ccccc3)nc(-c3cc(-n4c5ccccc5c5cccc(-c6ccccc6)c54)cc4oc5ccccc5c34)n2)cc1. The normalized spacial score (nSPS) is 11.6. The van der Waals surface area contributed by atoms with Crippen molar-refractivity contribution in [3.8, 4) is 51.0 Å². The Balaban J connectivity index is 1.33. The number of fused-ring (bicyclic) bond motifs is 6. The molecule has 10 rings (SSSR count). The van der Waals surface area contributed by atoms with Gasteiger partial charge in [-0.2, -0.15) is 0 Å². The Kier molecular flexibility index (Phi) is 6.42. The van der Waals surface area contributed by atoms with Crippen LogP contribution in [0, 0.1) is 0 Å². The summed E-state index contributed by atoms with van der Waals surface area (Å²) in [4.78, 5) is 15.3. The van der Waals surface area contributed by atoms with E-state index in [1.54, 1.807) is 0 Å². The maximum atomic E-state index is 6.64. The lowest BCUT2D eigenvalue weighted by molar-refractivity contribution is 0.668. The molecule has 234 valence electrons. The van der Waals surface area contributed by atoms with Crippen molar-refractivity contribution in [3.63, 3.8) is 0 Å². The van der Waals surface area contributed by atoms with Gasteiger partial charge >= 0.3 is 0 Å². The van der Waals surface area contributed by atoms with E-state index in [2.05, 4.69) is 95.6 Å². The lowest BCUT2D eigenvalue weighted by atomic mass is 10.0. The maximum Gasteiger partial charge on any atom is 0.164 e. The first-order valence-electron chi connectivity index (χ1n) is 16.7. The van der Waals surface area contributed by atoms with Crippen molar-refractivity contribution in [2.24, 2.45) is 0 Å². The van der Waals surface area contributed by atoms with Gasteiger partial charge in [0.15, 0.2) is 17.5 Å². The van der Waals surface area contributed by atoms with Crippen molar-refractivity contribution in [2.75, 3.05) is 0 Å². The number of nitrogens with zero attached hydrogens (tertiary/aromatic N) is 4. The van der Waals surface area contributed by atoms with E-state index in [4.69, 9.17) is 19.4 Å². The Hall–Kier alpha value is -6.85. The predicted molar refractivity (Wildman–Crippen MR) is 203 cm³/mol. The van der Waals surface area contributed by atoms with Crippen molar-refractivity contribution in [1.29, 1.82) is 0 Å². The molecule has 0 radical (unpaired) electrons. The first-order chi connectivity index (χ1) is 24.8. The highest BCUT2D eigenvalue weighted by molar-refractivity contribution is 6.16. The van der Waals surface area contributed by atoms with E-state index < -0.39 is 0 Å². The molecule has 0 unspecified atom stereocenters. The van der Waals surface area contributed by atoms with E-state index in [0.717, 1.165) is 66.5 Å². The van der Waals surface area contributed by atoms with E-state index in [1.165, 1.54) is 10.8 Å². The zero-order chi connectivity index (χ0) is 33.0.